The molecule has 0 bridgehead atoms. The maximum Gasteiger partial charge on any atom is 0.297 e. The standard InChI is InChI=1S/C19H21NO5S/c1-14-7-9-18(10-8-14)26(23,24)25-17-11-16(13-21)20(12-17)19(22)15-5-3-2-4-6-15/h2-10,16-17,21H,11-13H2,1H3/t16-,17+/m1/s1. The summed E-state index contributed by atoms with van der Waals surface area (Å²) in [5, 5.41) is 9.60. The second-order valence-corrected chi connectivity index (χ2v) is 7.95. The number of aliphatic hydroxyl groups excluding tert-OH is 1. The molecule has 0 unspecified atom stereocenters. The number of rotatable bonds is 5. The van der Waals surface area contributed by atoms with Crippen molar-refractivity contribution in [3.63, 3.8) is 0 Å². The number of hydrogen-bond acceptors (Lipinski definition) is 5. The zero-order valence-corrected chi connectivity index (χ0v) is 15.2. The van der Waals surface area contributed by atoms with E-state index in [1.807, 2.05) is 13.0 Å². The van der Waals surface area contributed by atoms with Crippen LogP contribution in [-0.2, 0) is 14.3 Å². The van der Waals surface area contributed by atoms with Gasteiger partial charge < -0.3 is 10.0 Å². The van der Waals surface area contributed by atoms with E-state index < -0.39 is 22.3 Å². The van der Waals surface area contributed by atoms with Gasteiger partial charge in [-0.2, -0.15) is 8.42 Å². The van der Waals surface area contributed by atoms with Crippen LogP contribution in [0.25, 0.3) is 0 Å². The van der Waals surface area contributed by atoms with E-state index in [-0.39, 0.29) is 30.4 Å². The third-order valence-electron chi connectivity index (χ3n) is 4.44. The average Bonchev–Trinajstić information content (AvgIpc) is 3.04. The van der Waals surface area contributed by atoms with Crippen LogP contribution in [0.2, 0.25) is 0 Å². The molecule has 3 rings (SSSR count). The molecule has 1 aliphatic rings. The fourth-order valence-electron chi connectivity index (χ4n) is 3.05. The molecule has 2 aromatic rings. The summed E-state index contributed by atoms with van der Waals surface area (Å²) in [6.07, 6.45) is -0.425. The lowest BCUT2D eigenvalue weighted by Gasteiger charge is -2.22. The number of aliphatic hydroxyl groups is 1. The molecule has 26 heavy (non-hydrogen) atoms. The maximum atomic E-state index is 12.6. The summed E-state index contributed by atoms with van der Waals surface area (Å²) in [7, 11) is -3.93. The normalized spacial score (nSPS) is 20.3. The number of benzene rings is 2. The van der Waals surface area contributed by atoms with Crippen LogP contribution in [0, 0.1) is 6.92 Å². The van der Waals surface area contributed by atoms with Gasteiger partial charge in [-0.25, -0.2) is 0 Å². The summed E-state index contributed by atoms with van der Waals surface area (Å²) in [6, 6.07) is 14.6. The summed E-state index contributed by atoms with van der Waals surface area (Å²) in [4.78, 5) is 14.2. The van der Waals surface area contributed by atoms with Crippen molar-refractivity contribution in [3.05, 3.63) is 65.7 Å². The van der Waals surface area contributed by atoms with Crippen LogP contribution in [-0.4, -0.2) is 49.6 Å². The highest BCUT2D eigenvalue weighted by Crippen LogP contribution is 2.26. The summed E-state index contributed by atoms with van der Waals surface area (Å²) in [6.45, 7) is 1.74. The highest BCUT2D eigenvalue weighted by molar-refractivity contribution is 7.86. The van der Waals surface area contributed by atoms with Crippen molar-refractivity contribution in [1.82, 2.24) is 4.90 Å². The molecule has 1 saturated heterocycles. The monoisotopic (exact) mass is 375 g/mol. The van der Waals surface area contributed by atoms with Crippen LogP contribution in [0.4, 0.5) is 0 Å². The van der Waals surface area contributed by atoms with Gasteiger partial charge in [0.1, 0.15) is 0 Å². The lowest BCUT2D eigenvalue weighted by Crippen LogP contribution is -2.38. The number of aryl methyl sites for hydroxylation is 1. The highest BCUT2D eigenvalue weighted by Gasteiger charge is 2.38. The van der Waals surface area contributed by atoms with Crippen LogP contribution in [0.5, 0.6) is 0 Å². The Morgan fingerprint density at radius 1 is 1.15 bits per heavy atom. The molecule has 1 N–H and O–H groups in total. The Bertz CT molecular complexity index is 865. The quantitative estimate of drug-likeness (QED) is 0.808. The largest absolute Gasteiger partial charge is 0.394 e. The first kappa shape index (κ1) is 18.6. The first-order chi connectivity index (χ1) is 12.4. The number of carbonyl (C=O) groups excluding carboxylic acids is 1. The summed E-state index contributed by atoms with van der Waals surface area (Å²) in [5.74, 6) is -0.247. The first-order valence-electron chi connectivity index (χ1n) is 8.37. The van der Waals surface area contributed by atoms with E-state index in [1.54, 1.807) is 36.4 Å². The summed E-state index contributed by atoms with van der Waals surface area (Å²) in [5.41, 5.74) is 1.44. The number of carbonyl (C=O) groups is 1. The predicted octanol–water partition coefficient (Wildman–Crippen LogP) is 1.98. The SMILES string of the molecule is Cc1ccc(S(=O)(=O)O[C@H]2C[C@H](CO)N(C(=O)c3ccccc3)C2)cc1. The molecule has 2 aromatic carbocycles. The van der Waals surface area contributed by atoms with Crippen molar-refractivity contribution in [2.75, 3.05) is 13.2 Å². The first-order valence-corrected chi connectivity index (χ1v) is 9.78. The Kier molecular flexibility index (Phi) is 5.41. The third-order valence-corrected chi connectivity index (χ3v) is 5.82. The number of amides is 1. The lowest BCUT2D eigenvalue weighted by molar-refractivity contribution is 0.0668. The minimum absolute atomic E-state index is 0.0801. The molecule has 2 atom stereocenters. The van der Waals surface area contributed by atoms with Crippen LogP contribution in [0.15, 0.2) is 59.5 Å². The van der Waals surface area contributed by atoms with Gasteiger partial charge in [0, 0.05) is 12.1 Å². The van der Waals surface area contributed by atoms with Gasteiger partial charge in [0.2, 0.25) is 0 Å². The van der Waals surface area contributed by atoms with Crippen molar-refractivity contribution in [2.45, 2.75) is 30.4 Å². The molecule has 1 heterocycles. The fraction of sp³-hybridized carbons (Fsp3) is 0.316. The van der Waals surface area contributed by atoms with Crippen molar-refractivity contribution < 1.29 is 22.5 Å². The molecular formula is C19H21NO5S. The topological polar surface area (TPSA) is 83.9 Å². The molecule has 0 aromatic heterocycles. The van der Waals surface area contributed by atoms with Gasteiger partial charge >= 0.3 is 0 Å². The van der Waals surface area contributed by atoms with Gasteiger partial charge in [0.05, 0.1) is 23.6 Å². The smallest absolute Gasteiger partial charge is 0.297 e. The molecule has 1 amide bonds. The number of likely N-dealkylation sites (tertiary alicyclic amines) is 1. The highest BCUT2D eigenvalue weighted by atomic mass is 32.2. The second-order valence-electron chi connectivity index (χ2n) is 6.38. The van der Waals surface area contributed by atoms with Gasteiger partial charge in [0.15, 0.2) is 0 Å². The van der Waals surface area contributed by atoms with E-state index in [2.05, 4.69) is 0 Å². The van der Waals surface area contributed by atoms with Gasteiger partial charge in [-0.05, 0) is 37.6 Å². The molecule has 1 aliphatic heterocycles. The van der Waals surface area contributed by atoms with E-state index in [1.165, 1.54) is 17.0 Å². The van der Waals surface area contributed by atoms with Crippen LogP contribution >= 0.6 is 0 Å². The van der Waals surface area contributed by atoms with Gasteiger partial charge in [0.25, 0.3) is 16.0 Å². The van der Waals surface area contributed by atoms with Gasteiger partial charge in [-0.3, -0.25) is 8.98 Å². The third kappa shape index (κ3) is 3.95. The molecular weight excluding hydrogens is 354 g/mol. The molecule has 0 saturated carbocycles. The van der Waals surface area contributed by atoms with Crippen molar-refractivity contribution in [2.24, 2.45) is 0 Å². The Morgan fingerprint density at radius 3 is 2.42 bits per heavy atom. The van der Waals surface area contributed by atoms with Crippen LogP contribution < -0.4 is 0 Å². The molecule has 138 valence electrons. The van der Waals surface area contributed by atoms with Crippen molar-refractivity contribution in [1.29, 1.82) is 0 Å². The minimum atomic E-state index is -3.93. The fourth-order valence-corrected chi connectivity index (χ4v) is 4.13. The van der Waals surface area contributed by atoms with Crippen molar-refractivity contribution in [3.8, 4) is 0 Å². The Labute approximate surface area is 153 Å². The van der Waals surface area contributed by atoms with E-state index >= 15 is 0 Å². The Balaban J connectivity index is 1.74. The minimum Gasteiger partial charge on any atom is -0.394 e. The lowest BCUT2D eigenvalue weighted by atomic mass is 10.1. The summed E-state index contributed by atoms with van der Waals surface area (Å²) < 4.78 is 30.2. The second kappa shape index (κ2) is 7.57. The number of hydrogen-bond donors (Lipinski definition) is 1. The maximum absolute atomic E-state index is 12.6. The average molecular weight is 375 g/mol. The molecule has 6 nitrogen and oxygen atoms in total. The Hall–Kier alpha value is -2.22. The van der Waals surface area contributed by atoms with E-state index in [0.717, 1.165) is 5.56 Å². The van der Waals surface area contributed by atoms with Gasteiger partial charge in [-0.15, -0.1) is 0 Å². The van der Waals surface area contributed by atoms with Crippen LogP contribution in [0.3, 0.4) is 0 Å². The van der Waals surface area contributed by atoms with E-state index in [0.29, 0.717) is 5.56 Å². The summed E-state index contributed by atoms with van der Waals surface area (Å²) >= 11 is 0. The Morgan fingerprint density at radius 2 is 1.81 bits per heavy atom. The van der Waals surface area contributed by atoms with Gasteiger partial charge in [-0.1, -0.05) is 35.9 Å². The molecule has 0 radical (unpaired) electrons. The van der Waals surface area contributed by atoms with E-state index in [9.17, 15) is 18.3 Å². The number of nitrogens with zero attached hydrogens (tertiary/aromatic N) is 1. The van der Waals surface area contributed by atoms with Crippen molar-refractivity contribution >= 4 is 16.0 Å². The predicted molar refractivity (Wildman–Crippen MR) is 96.2 cm³/mol. The van der Waals surface area contributed by atoms with E-state index in [4.69, 9.17) is 4.18 Å². The van der Waals surface area contributed by atoms with Crippen LogP contribution in [0.1, 0.15) is 22.3 Å². The molecule has 0 aliphatic carbocycles. The zero-order valence-electron chi connectivity index (χ0n) is 14.4. The molecule has 7 heteroatoms. The molecule has 0 spiro atoms. The zero-order chi connectivity index (χ0) is 18.7. The molecule has 1 fully saturated rings.